The Bertz CT molecular complexity index is 175. The minimum absolute atomic E-state index is 0. The number of hydrogen-bond donors (Lipinski definition) is 0. The fourth-order valence-electron chi connectivity index (χ4n) is 0.470. The van der Waals surface area contributed by atoms with Crippen molar-refractivity contribution in [3.63, 3.8) is 0 Å². The van der Waals surface area contributed by atoms with Gasteiger partial charge in [-0.05, 0) is 0 Å². The average Bonchev–Trinajstić information content (AvgIpc) is 2.14. The first-order valence-corrected chi connectivity index (χ1v) is 2.83. The van der Waals surface area contributed by atoms with Gasteiger partial charge in [0.1, 0.15) is 6.26 Å². The van der Waals surface area contributed by atoms with Crippen LogP contribution in [-0.2, 0) is 5.88 Å². The first-order chi connectivity index (χ1) is 3.83. The summed E-state index contributed by atoms with van der Waals surface area (Å²) in [5, 5.41) is 0. The Morgan fingerprint density at radius 3 is 2.67 bits per heavy atom. The van der Waals surface area contributed by atoms with E-state index >= 15 is 0 Å². The number of hydrogen-bond acceptors (Lipinski definition) is 2. The predicted molar refractivity (Wildman–Crippen MR) is 38.0 cm³/mol. The van der Waals surface area contributed by atoms with Crippen LogP contribution in [0.15, 0.2) is 10.7 Å². The zero-order valence-corrected chi connectivity index (χ0v) is 6.50. The van der Waals surface area contributed by atoms with E-state index in [4.69, 9.17) is 16.0 Å². The van der Waals surface area contributed by atoms with Crippen LogP contribution in [0.4, 0.5) is 0 Å². The number of nitrogens with zero attached hydrogens (tertiary/aromatic N) is 1. The smallest absolute Gasteiger partial charge is 0.191 e. The lowest BCUT2D eigenvalue weighted by Gasteiger charge is -1.74. The summed E-state index contributed by atoms with van der Waals surface area (Å²) >= 11 is 5.42. The Morgan fingerprint density at radius 2 is 2.44 bits per heavy atom. The lowest BCUT2D eigenvalue weighted by Crippen LogP contribution is -1.74. The van der Waals surface area contributed by atoms with Crippen molar-refractivity contribution in [3.8, 4) is 0 Å². The third-order valence-corrected chi connectivity index (χ3v) is 1.08. The van der Waals surface area contributed by atoms with Gasteiger partial charge in [-0.25, -0.2) is 4.98 Å². The molecule has 0 spiro atoms. The molecule has 4 heteroatoms. The van der Waals surface area contributed by atoms with E-state index in [0.717, 1.165) is 5.69 Å². The topological polar surface area (TPSA) is 26.0 Å². The maximum atomic E-state index is 5.42. The maximum Gasteiger partial charge on any atom is 0.191 e. The van der Waals surface area contributed by atoms with Crippen LogP contribution in [0.2, 0.25) is 0 Å². The van der Waals surface area contributed by atoms with Gasteiger partial charge in [-0.15, -0.1) is 24.0 Å². The second-order valence-electron chi connectivity index (χ2n) is 1.49. The lowest BCUT2D eigenvalue weighted by molar-refractivity contribution is 0.521. The van der Waals surface area contributed by atoms with Crippen LogP contribution in [-0.4, -0.2) is 4.98 Å². The highest BCUT2D eigenvalue weighted by molar-refractivity contribution is 6.16. The molecule has 9 heavy (non-hydrogen) atoms. The van der Waals surface area contributed by atoms with E-state index < -0.39 is 0 Å². The fraction of sp³-hybridized carbons (Fsp3) is 0.400. The van der Waals surface area contributed by atoms with Gasteiger partial charge in [-0.1, -0.05) is 0 Å². The van der Waals surface area contributed by atoms with E-state index in [9.17, 15) is 0 Å². The number of rotatable bonds is 1. The molecule has 0 aromatic carbocycles. The summed E-state index contributed by atoms with van der Waals surface area (Å²) < 4.78 is 4.86. The molecule has 0 saturated heterocycles. The highest BCUT2D eigenvalue weighted by Gasteiger charge is 1.93. The Kier molecular flexibility index (Phi) is 3.66. The Balaban J connectivity index is 0.000000640. The molecule has 0 unspecified atom stereocenters. The molecule has 0 N–H and O–H groups in total. The van der Waals surface area contributed by atoms with Crippen LogP contribution in [0.25, 0.3) is 0 Å². The van der Waals surface area contributed by atoms with E-state index in [-0.39, 0.29) is 12.4 Å². The fourth-order valence-corrected chi connectivity index (χ4v) is 0.592. The van der Waals surface area contributed by atoms with Crippen molar-refractivity contribution < 1.29 is 4.42 Å². The van der Waals surface area contributed by atoms with E-state index in [2.05, 4.69) is 4.98 Å². The summed E-state index contributed by atoms with van der Waals surface area (Å²) in [5.41, 5.74) is 0.796. The molecule has 0 radical (unpaired) electrons. The van der Waals surface area contributed by atoms with Crippen molar-refractivity contribution in [1.29, 1.82) is 0 Å². The molecule has 0 aliphatic carbocycles. The summed E-state index contributed by atoms with van der Waals surface area (Å²) in [6.45, 7) is 1.79. The molecule has 0 saturated carbocycles. The Morgan fingerprint density at radius 1 is 1.78 bits per heavy atom. The molecule has 0 fully saturated rings. The molecule has 0 aliphatic rings. The largest absolute Gasteiger partial charge is 0.449 e. The van der Waals surface area contributed by atoms with Gasteiger partial charge in [0.2, 0.25) is 0 Å². The van der Waals surface area contributed by atoms with Crippen LogP contribution >= 0.6 is 24.0 Å². The summed E-state index contributed by atoms with van der Waals surface area (Å²) in [6.07, 6.45) is 1.56. The second-order valence-corrected chi connectivity index (χ2v) is 1.76. The number of alkyl halides is 1. The standard InChI is InChI=1S/C5H6ClNO.ClH/c1-4-7-5(2-6)3-8-4;/h3H,2H2,1H3;1H. The van der Waals surface area contributed by atoms with Gasteiger partial charge in [-0.2, -0.15) is 0 Å². The normalized spacial score (nSPS) is 8.67. The summed E-state index contributed by atoms with van der Waals surface area (Å²) in [7, 11) is 0. The highest BCUT2D eigenvalue weighted by Crippen LogP contribution is 2.01. The molecule has 1 aromatic rings. The monoisotopic (exact) mass is 167 g/mol. The van der Waals surface area contributed by atoms with Crippen molar-refractivity contribution >= 4 is 24.0 Å². The van der Waals surface area contributed by atoms with Crippen molar-refractivity contribution in [2.24, 2.45) is 0 Å². The minimum atomic E-state index is 0. The Hall–Kier alpha value is -0.210. The molecule has 0 atom stereocenters. The maximum absolute atomic E-state index is 5.42. The van der Waals surface area contributed by atoms with Gasteiger partial charge < -0.3 is 4.42 Å². The Labute approximate surface area is 64.6 Å². The van der Waals surface area contributed by atoms with Gasteiger partial charge in [0, 0.05) is 6.92 Å². The van der Waals surface area contributed by atoms with Crippen LogP contribution in [0, 0.1) is 6.92 Å². The van der Waals surface area contributed by atoms with Crippen LogP contribution < -0.4 is 0 Å². The van der Waals surface area contributed by atoms with Gasteiger partial charge >= 0.3 is 0 Å². The second kappa shape index (κ2) is 3.75. The van der Waals surface area contributed by atoms with Gasteiger partial charge in [-0.3, -0.25) is 0 Å². The van der Waals surface area contributed by atoms with Gasteiger partial charge in [0.15, 0.2) is 5.89 Å². The number of oxazole rings is 1. The molecule has 0 amide bonds. The first-order valence-electron chi connectivity index (χ1n) is 2.30. The molecule has 1 aromatic heterocycles. The summed E-state index contributed by atoms with van der Waals surface area (Å²) in [6, 6.07) is 0. The zero-order valence-electron chi connectivity index (χ0n) is 4.93. The lowest BCUT2D eigenvalue weighted by atomic mass is 10.6. The van der Waals surface area contributed by atoms with Crippen LogP contribution in [0.3, 0.4) is 0 Å². The SMILES string of the molecule is Cc1nc(CCl)co1.Cl. The minimum Gasteiger partial charge on any atom is -0.449 e. The van der Waals surface area contributed by atoms with E-state index in [1.165, 1.54) is 0 Å². The molecular weight excluding hydrogens is 161 g/mol. The van der Waals surface area contributed by atoms with Gasteiger partial charge in [0.05, 0.1) is 11.6 Å². The average molecular weight is 168 g/mol. The van der Waals surface area contributed by atoms with E-state index in [1.54, 1.807) is 13.2 Å². The van der Waals surface area contributed by atoms with Crippen molar-refractivity contribution in [2.45, 2.75) is 12.8 Å². The van der Waals surface area contributed by atoms with E-state index in [0.29, 0.717) is 11.8 Å². The molecule has 0 aliphatic heterocycles. The predicted octanol–water partition coefficient (Wildman–Crippen LogP) is 2.14. The van der Waals surface area contributed by atoms with Crippen molar-refractivity contribution in [3.05, 3.63) is 17.8 Å². The molecule has 1 rings (SSSR count). The quantitative estimate of drug-likeness (QED) is 0.600. The zero-order chi connectivity index (χ0) is 5.98. The third kappa shape index (κ3) is 2.24. The number of halogens is 2. The number of aryl methyl sites for hydroxylation is 1. The van der Waals surface area contributed by atoms with E-state index in [1.807, 2.05) is 0 Å². The number of aromatic nitrogens is 1. The van der Waals surface area contributed by atoms with Crippen LogP contribution in [0.1, 0.15) is 11.6 Å². The highest BCUT2D eigenvalue weighted by atomic mass is 35.5. The first kappa shape index (κ1) is 8.79. The van der Waals surface area contributed by atoms with Crippen LogP contribution in [0.5, 0.6) is 0 Å². The molecule has 52 valence electrons. The van der Waals surface area contributed by atoms with Gasteiger partial charge in [0.25, 0.3) is 0 Å². The molecule has 2 nitrogen and oxygen atoms in total. The van der Waals surface area contributed by atoms with Crippen molar-refractivity contribution in [2.75, 3.05) is 0 Å². The van der Waals surface area contributed by atoms with Crippen molar-refractivity contribution in [1.82, 2.24) is 4.98 Å². The third-order valence-electron chi connectivity index (χ3n) is 0.803. The molecule has 1 heterocycles. The molecular formula is C5H7Cl2NO. The summed E-state index contributed by atoms with van der Waals surface area (Å²) in [4.78, 5) is 3.93. The summed E-state index contributed by atoms with van der Waals surface area (Å²) in [5.74, 6) is 1.10. The molecule has 0 bridgehead atoms.